The van der Waals surface area contributed by atoms with Crippen molar-refractivity contribution in [3.63, 3.8) is 0 Å². The quantitative estimate of drug-likeness (QED) is 0.474. The minimum atomic E-state index is -0.469. The number of halogens is 1. The Morgan fingerprint density at radius 1 is 1.56 bits per heavy atom. The minimum Gasteiger partial charge on any atom is -0.461 e. The lowest BCUT2D eigenvalue weighted by molar-refractivity contribution is -0.134. The van der Waals surface area contributed by atoms with E-state index in [9.17, 15) is 4.79 Å². The minimum absolute atomic E-state index is 0.214. The number of hydrogen-bond donors (Lipinski definition) is 0. The third-order valence-electron chi connectivity index (χ3n) is 2.38. The predicted molar refractivity (Wildman–Crippen MR) is 73.5 cm³/mol. The van der Waals surface area contributed by atoms with Gasteiger partial charge in [0.15, 0.2) is 5.71 Å². The second kappa shape index (κ2) is 6.11. The number of carbonyl (C=O) groups is 1. The molecule has 0 radical (unpaired) electrons. The number of thiophene rings is 1. The van der Waals surface area contributed by atoms with Crippen molar-refractivity contribution in [2.45, 2.75) is 19.8 Å². The molecule has 18 heavy (non-hydrogen) atoms. The van der Waals surface area contributed by atoms with Crippen LogP contribution in [-0.2, 0) is 9.53 Å². The number of rotatable bonds is 5. The third-order valence-corrected chi connectivity index (χ3v) is 3.64. The monoisotopic (exact) mass is 284 g/mol. The molecule has 1 heterocycles. The summed E-state index contributed by atoms with van der Waals surface area (Å²) in [6.45, 7) is 2.06. The molecule has 0 spiro atoms. The maximum Gasteiger partial charge on any atom is 0.360 e. The maximum atomic E-state index is 11.8. The van der Waals surface area contributed by atoms with Gasteiger partial charge in [0.25, 0.3) is 0 Å². The van der Waals surface area contributed by atoms with Crippen LogP contribution in [0.15, 0.2) is 27.7 Å². The first-order valence-corrected chi connectivity index (χ1v) is 7.00. The molecule has 1 aromatic rings. The molecule has 0 amide bonds. The van der Waals surface area contributed by atoms with Gasteiger partial charge in [0, 0.05) is 5.92 Å². The van der Waals surface area contributed by atoms with Gasteiger partial charge in [-0.15, -0.1) is 21.5 Å². The fraction of sp³-hybridized carbons (Fsp3) is 0.417. The van der Waals surface area contributed by atoms with Gasteiger partial charge in [0.2, 0.25) is 0 Å². The van der Waals surface area contributed by atoms with E-state index in [-0.39, 0.29) is 5.71 Å². The molecule has 1 fully saturated rings. The van der Waals surface area contributed by atoms with E-state index in [1.807, 2.05) is 11.4 Å². The van der Waals surface area contributed by atoms with Gasteiger partial charge in [-0.3, -0.25) is 0 Å². The van der Waals surface area contributed by atoms with Crippen molar-refractivity contribution in [3.8, 4) is 0 Å². The predicted octanol–water partition coefficient (Wildman–Crippen LogP) is 3.06. The first kappa shape index (κ1) is 13.2. The van der Waals surface area contributed by atoms with Gasteiger partial charge in [-0.1, -0.05) is 17.7 Å². The molecule has 96 valence electrons. The normalized spacial score (nSPS) is 16.8. The Hall–Kier alpha value is -1.20. The van der Waals surface area contributed by atoms with E-state index in [1.54, 1.807) is 13.0 Å². The molecule has 1 saturated carbocycles. The molecule has 2 rings (SSSR count). The van der Waals surface area contributed by atoms with Gasteiger partial charge < -0.3 is 4.74 Å². The van der Waals surface area contributed by atoms with E-state index >= 15 is 0 Å². The van der Waals surface area contributed by atoms with Crippen LogP contribution >= 0.6 is 22.9 Å². The van der Waals surface area contributed by atoms with E-state index in [0.29, 0.717) is 17.7 Å². The third kappa shape index (κ3) is 3.40. The van der Waals surface area contributed by atoms with Crippen molar-refractivity contribution in [1.29, 1.82) is 0 Å². The Kier molecular flexibility index (Phi) is 4.49. The summed E-state index contributed by atoms with van der Waals surface area (Å²) in [6.07, 6.45) is 2.09. The fourth-order valence-corrected chi connectivity index (χ4v) is 2.26. The largest absolute Gasteiger partial charge is 0.461 e. The number of hydrogen-bond acceptors (Lipinski definition) is 5. The lowest BCUT2D eigenvalue weighted by Gasteiger charge is -2.02. The first-order chi connectivity index (χ1) is 8.72. The molecule has 4 nitrogen and oxygen atoms in total. The summed E-state index contributed by atoms with van der Waals surface area (Å²) >= 11 is 7.38. The second-order valence-corrected chi connectivity index (χ2v) is 5.18. The number of esters is 1. The van der Waals surface area contributed by atoms with E-state index < -0.39 is 5.97 Å². The van der Waals surface area contributed by atoms with E-state index in [2.05, 4.69) is 10.2 Å². The molecule has 0 bridgehead atoms. The first-order valence-electron chi connectivity index (χ1n) is 5.74. The molecule has 0 aromatic carbocycles. The van der Waals surface area contributed by atoms with E-state index in [0.717, 1.165) is 17.7 Å². The SMILES string of the molecule is CCOC(=O)C(=NN=C(Cl)C1CC1)c1cccs1. The highest BCUT2D eigenvalue weighted by molar-refractivity contribution is 7.13. The van der Waals surface area contributed by atoms with Crippen molar-refractivity contribution in [1.82, 2.24) is 0 Å². The Morgan fingerprint density at radius 3 is 2.89 bits per heavy atom. The Bertz CT molecular complexity index is 478. The summed E-state index contributed by atoms with van der Waals surface area (Å²) in [7, 11) is 0. The zero-order valence-electron chi connectivity index (χ0n) is 9.93. The highest BCUT2D eigenvalue weighted by Crippen LogP contribution is 2.32. The Balaban J connectivity index is 2.21. The molecule has 6 heteroatoms. The zero-order chi connectivity index (χ0) is 13.0. The van der Waals surface area contributed by atoms with Crippen LogP contribution in [0.3, 0.4) is 0 Å². The second-order valence-electron chi connectivity index (χ2n) is 3.84. The molecule has 1 aliphatic carbocycles. The fourth-order valence-electron chi connectivity index (χ4n) is 1.30. The summed E-state index contributed by atoms with van der Waals surface area (Å²) in [4.78, 5) is 12.5. The summed E-state index contributed by atoms with van der Waals surface area (Å²) in [5, 5.41) is 10.2. The molecule has 1 aliphatic rings. The maximum absolute atomic E-state index is 11.8. The molecule has 0 atom stereocenters. The summed E-state index contributed by atoms with van der Waals surface area (Å²) in [5.41, 5.74) is 0.214. The summed E-state index contributed by atoms with van der Waals surface area (Å²) in [5.74, 6) is -0.147. The zero-order valence-corrected chi connectivity index (χ0v) is 11.5. The highest BCUT2D eigenvalue weighted by atomic mass is 35.5. The van der Waals surface area contributed by atoms with Crippen molar-refractivity contribution < 1.29 is 9.53 Å². The van der Waals surface area contributed by atoms with Gasteiger partial charge in [0.05, 0.1) is 11.5 Å². The van der Waals surface area contributed by atoms with Gasteiger partial charge in [-0.05, 0) is 31.2 Å². The number of carbonyl (C=O) groups excluding carboxylic acids is 1. The Morgan fingerprint density at radius 2 is 2.33 bits per heavy atom. The molecule has 0 unspecified atom stereocenters. The van der Waals surface area contributed by atoms with Crippen LogP contribution in [0.25, 0.3) is 0 Å². The van der Waals surface area contributed by atoms with Crippen LogP contribution in [0.2, 0.25) is 0 Å². The van der Waals surface area contributed by atoms with Gasteiger partial charge in [0.1, 0.15) is 5.17 Å². The van der Waals surface area contributed by atoms with Crippen molar-refractivity contribution in [2.24, 2.45) is 16.1 Å². The molecule has 0 saturated heterocycles. The van der Waals surface area contributed by atoms with Gasteiger partial charge >= 0.3 is 5.97 Å². The van der Waals surface area contributed by atoms with Crippen molar-refractivity contribution in [2.75, 3.05) is 6.61 Å². The topological polar surface area (TPSA) is 51.0 Å². The molecule has 0 aliphatic heterocycles. The lowest BCUT2D eigenvalue weighted by atomic mass is 10.3. The van der Waals surface area contributed by atoms with Crippen LogP contribution in [0, 0.1) is 5.92 Å². The smallest absolute Gasteiger partial charge is 0.360 e. The summed E-state index contributed by atoms with van der Waals surface area (Å²) in [6, 6.07) is 3.65. The molecular weight excluding hydrogens is 272 g/mol. The van der Waals surface area contributed by atoms with Crippen LogP contribution in [0.4, 0.5) is 0 Å². The van der Waals surface area contributed by atoms with Crippen LogP contribution in [0.5, 0.6) is 0 Å². The number of nitrogens with zero attached hydrogens (tertiary/aromatic N) is 2. The van der Waals surface area contributed by atoms with Crippen LogP contribution < -0.4 is 0 Å². The average Bonchev–Trinajstić information content (AvgIpc) is 3.07. The molecule has 0 N–H and O–H groups in total. The molecule has 1 aromatic heterocycles. The van der Waals surface area contributed by atoms with Crippen LogP contribution in [-0.4, -0.2) is 23.5 Å². The lowest BCUT2D eigenvalue weighted by Crippen LogP contribution is -2.17. The van der Waals surface area contributed by atoms with Gasteiger partial charge in [-0.25, -0.2) is 4.79 Å². The average molecular weight is 285 g/mol. The van der Waals surface area contributed by atoms with Crippen molar-refractivity contribution in [3.05, 3.63) is 22.4 Å². The highest BCUT2D eigenvalue weighted by Gasteiger charge is 2.26. The Labute approximate surface area is 114 Å². The van der Waals surface area contributed by atoms with Crippen LogP contribution in [0.1, 0.15) is 24.6 Å². The summed E-state index contributed by atoms with van der Waals surface area (Å²) < 4.78 is 4.96. The van der Waals surface area contributed by atoms with Gasteiger partial charge in [-0.2, -0.15) is 0 Å². The van der Waals surface area contributed by atoms with E-state index in [4.69, 9.17) is 16.3 Å². The molecular formula is C12H13ClN2O2S. The number of ether oxygens (including phenoxy) is 1. The van der Waals surface area contributed by atoms with Crippen molar-refractivity contribution >= 4 is 39.8 Å². The standard InChI is InChI=1S/C12H13ClN2O2S/c1-2-17-12(16)10(9-4-3-7-18-9)14-15-11(13)8-5-6-8/h3-4,7-8H,2,5-6H2,1H3. The van der Waals surface area contributed by atoms with E-state index in [1.165, 1.54) is 11.3 Å².